The Labute approximate surface area is 297 Å². The molecular formula is C36H64N6O6S. The van der Waals surface area contributed by atoms with Crippen molar-refractivity contribution in [2.75, 3.05) is 40.2 Å². The number of thioether (sulfide) groups is 1. The van der Waals surface area contributed by atoms with Crippen LogP contribution < -0.4 is 21.5 Å². The van der Waals surface area contributed by atoms with Crippen molar-refractivity contribution in [2.45, 2.75) is 121 Å². The highest BCUT2D eigenvalue weighted by Gasteiger charge is 2.58. The van der Waals surface area contributed by atoms with Crippen LogP contribution in [-0.2, 0) is 19.2 Å². The summed E-state index contributed by atoms with van der Waals surface area (Å²) in [5, 5.41) is 29.7. The predicted octanol–water partition coefficient (Wildman–Crippen LogP) is 2.12. The van der Waals surface area contributed by atoms with Crippen LogP contribution in [0, 0.1) is 52.8 Å². The maximum absolute atomic E-state index is 14.2. The van der Waals surface area contributed by atoms with E-state index in [1.807, 2.05) is 0 Å². The fraction of sp³-hybridized carbons (Fsp3) is 0.944. The average molecular weight is 709 g/mol. The highest BCUT2D eigenvalue weighted by Crippen LogP contribution is 2.61. The van der Waals surface area contributed by atoms with Gasteiger partial charge >= 0.3 is 0 Å². The van der Waals surface area contributed by atoms with Gasteiger partial charge in [0.15, 0.2) is 0 Å². The van der Waals surface area contributed by atoms with Gasteiger partial charge in [0.05, 0.1) is 24.7 Å². The Hall–Kier alpha value is -1.03. The van der Waals surface area contributed by atoms with E-state index < -0.39 is 24.2 Å². The number of methoxy groups -OCH3 is 1. The second-order valence-electron chi connectivity index (χ2n) is 17.1. The Morgan fingerprint density at radius 1 is 1.12 bits per heavy atom. The van der Waals surface area contributed by atoms with Crippen molar-refractivity contribution < 1.29 is 29.4 Å². The number of rotatable bonds is 11. The summed E-state index contributed by atoms with van der Waals surface area (Å²) in [6, 6.07) is -0.299. The lowest BCUT2D eigenvalue weighted by Gasteiger charge is -2.62. The first-order chi connectivity index (χ1) is 23.3. The fourth-order valence-electron chi connectivity index (χ4n) is 11.0. The molecule has 7 aliphatic rings. The van der Waals surface area contributed by atoms with Crippen LogP contribution in [0.15, 0.2) is 0 Å². The molecule has 7 fully saturated rings. The molecule has 49 heavy (non-hydrogen) atoms. The van der Waals surface area contributed by atoms with Gasteiger partial charge in [-0.3, -0.25) is 14.4 Å². The zero-order valence-corrected chi connectivity index (χ0v) is 31.6. The molecule has 7 rings (SSSR count). The Kier molecular flexibility index (Phi) is 11.9. The van der Waals surface area contributed by atoms with Crippen molar-refractivity contribution in [3.05, 3.63) is 0 Å². The molecule has 7 unspecified atom stereocenters. The monoisotopic (exact) mass is 708 g/mol. The van der Waals surface area contributed by atoms with Crippen LogP contribution in [0.25, 0.3) is 0 Å². The van der Waals surface area contributed by atoms with E-state index >= 15 is 0 Å². The molecule has 0 aromatic rings. The Balaban J connectivity index is 1.17. The normalized spacial score (nSPS) is 44.4. The first kappa shape index (κ1) is 37.7. The summed E-state index contributed by atoms with van der Waals surface area (Å²) in [4.78, 5) is 36.4. The number of carbonyl (C=O) groups excluding carboxylic acids is 2. The van der Waals surface area contributed by atoms with Gasteiger partial charge in [-0.25, -0.2) is 10.9 Å². The van der Waals surface area contributed by atoms with E-state index in [1.54, 1.807) is 30.9 Å². The largest absolute Gasteiger partial charge is 0.394 e. The van der Waals surface area contributed by atoms with Crippen LogP contribution in [0.1, 0.15) is 79.1 Å². The van der Waals surface area contributed by atoms with Crippen molar-refractivity contribution in [3.63, 3.8) is 0 Å². The summed E-state index contributed by atoms with van der Waals surface area (Å²) in [5.41, 5.74) is 6.40. The topological polar surface area (TPSA) is 148 Å². The first-order valence-electron chi connectivity index (χ1n) is 19.0. The maximum atomic E-state index is 14.2. The molecule has 0 aromatic heterocycles. The lowest BCUT2D eigenvalue weighted by molar-refractivity contribution is -0.193. The molecule has 0 spiro atoms. The van der Waals surface area contributed by atoms with Gasteiger partial charge in [0, 0.05) is 43.5 Å². The van der Waals surface area contributed by atoms with Gasteiger partial charge < -0.3 is 30.5 Å². The highest BCUT2D eigenvalue weighted by atomic mass is 32.2. The number of aliphatic hydroxyl groups is 2. The lowest BCUT2D eigenvalue weighted by Crippen LogP contribution is -2.62. The number of aliphatic hydroxyl groups excluding tert-OH is 2. The highest BCUT2D eigenvalue weighted by molar-refractivity contribution is 8.00. The molecule has 5 saturated carbocycles. The molecule has 2 aliphatic heterocycles. The molecule has 0 aromatic carbocycles. The maximum Gasteiger partial charge on any atom is 0.240 e. The number of fused-ring (bicyclic) bond motifs is 2. The van der Waals surface area contributed by atoms with Crippen LogP contribution >= 0.6 is 11.8 Å². The third-order valence-corrected chi connectivity index (χ3v) is 14.9. The number of nitrogens with zero attached hydrogens (tertiary/aromatic N) is 2. The van der Waals surface area contributed by atoms with E-state index in [2.05, 4.69) is 61.3 Å². The third kappa shape index (κ3) is 7.58. The summed E-state index contributed by atoms with van der Waals surface area (Å²) >= 11 is 1.65. The molecule has 2 amide bonds. The van der Waals surface area contributed by atoms with Gasteiger partial charge in [-0.2, -0.15) is 5.06 Å². The fourth-order valence-corrected chi connectivity index (χ4v) is 11.7. The molecule has 2 heterocycles. The second-order valence-corrected chi connectivity index (χ2v) is 18.2. The standard InChI is InChI=1S/C36H64N6O6S/c1-19-27-14-24(36(27,3)4)15-28(19)38-34(46)31-30(20(2)44)29(17-43)48-42(31)16-21-9-8-10-26(32(21)47-7)22-11-23(13-25(12-22)41(5)6)33(45)39-35-40-37-18-49-35/h19-32,35,37,40,43-44H,8-18H2,1-7H3,(H,38,46)(H,39,45)/t19-,20-,21?,22?,23?,24+,25?,26?,27-,28-,29-,30+,31-,32?,35?/m0/s1. The van der Waals surface area contributed by atoms with Gasteiger partial charge in [-0.15, -0.1) is 11.8 Å². The van der Waals surface area contributed by atoms with E-state index in [9.17, 15) is 19.8 Å². The van der Waals surface area contributed by atoms with E-state index in [4.69, 9.17) is 9.57 Å². The minimum absolute atomic E-state index is 0.0576. The van der Waals surface area contributed by atoms with Crippen LogP contribution in [0.5, 0.6) is 0 Å². The number of hydroxylamine groups is 2. The van der Waals surface area contributed by atoms with E-state index in [0.717, 1.165) is 50.8 Å². The van der Waals surface area contributed by atoms with E-state index in [-0.39, 0.29) is 53.8 Å². The minimum atomic E-state index is -0.826. The molecule has 12 nitrogen and oxygen atoms in total. The van der Waals surface area contributed by atoms with Crippen LogP contribution in [-0.4, -0.2) is 114 Å². The molecular weight excluding hydrogens is 644 g/mol. The Morgan fingerprint density at radius 2 is 1.90 bits per heavy atom. The Morgan fingerprint density at radius 3 is 2.51 bits per heavy atom. The van der Waals surface area contributed by atoms with Crippen molar-refractivity contribution >= 4 is 23.6 Å². The summed E-state index contributed by atoms with van der Waals surface area (Å²) < 4.78 is 6.36. The zero-order valence-electron chi connectivity index (χ0n) is 30.8. The number of hydrazine groups is 1. The molecule has 15 atom stereocenters. The Bertz CT molecular complexity index is 1160. The SMILES string of the molecule is COC1C(CN2O[C@@H](CO)[C@@H]([C@H](C)O)[C@H]2C(=O)N[C@H]2C[C@H]3C[C@@H]([C@@H]2C)C3(C)C)CCCC1C1CC(C(=O)NC2NNCS2)CC(N(C)C)C1. The number of ether oxygens (including phenoxy) is 1. The third-order valence-electron chi connectivity index (χ3n) is 14.0. The zero-order chi connectivity index (χ0) is 35.2. The van der Waals surface area contributed by atoms with Gasteiger partial charge in [0.2, 0.25) is 11.8 Å². The van der Waals surface area contributed by atoms with Crippen molar-refractivity contribution in [1.29, 1.82) is 0 Å². The van der Waals surface area contributed by atoms with Gasteiger partial charge in [-0.1, -0.05) is 27.2 Å². The molecule has 0 radical (unpaired) electrons. The molecule has 5 aliphatic carbocycles. The second kappa shape index (κ2) is 15.5. The first-order valence-corrected chi connectivity index (χ1v) is 20.0. The number of hydrogen-bond acceptors (Lipinski definition) is 11. The van der Waals surface area contributed by atoms with E-state index in [1.165, 1.54) is 6.42 Å². The number of carbonyl (C=O) groups is 2. The van der Waals surface area contributed by atoms with Crippen molar-refractivity contribution in [1.82, 2.24) is 31.4 Å². The van der Waals surface area contributed by atoms with Crippen molar-refractivity contribution in [2.24, 2.45) is 52.8 Å². The lowest BCUT2D eigenvalue weighted by atomic mass is 9.45. The summed E-state index contributed by atoms with van der Waals surface area (Å²) in [6.07, 6.45) is 6.38. The number of amides is 2. The predicted molar refractivity (Wildman–Crippen MR) is 189 cm³/mol. The summed E-state index contributed by atoms with van der Waals surface area (Å²) in [6.45, 7) is 8.91. The molecule has 2 bridgehead atoms. The smallest absolute Gasteiger partial charge is 0.240 e. The average Bonchev–Trinajstić information content (AvgIpc) is 3.72. The summed E-state index contributed by atoms with van der Waals surface area (Å²) in [5.74, 6) is 2.43. The quantitative estimate of drug-likeness (QED) is 0.188. The van der Waals surface area contributed by atoms with Crippen LogP contribution in [0.3, 0.4) is 0 Å². The van der Waals surface area contributed by atoms with Gasteiger partial charge in [0.25, 0.3) is 0 Å². The number of nitrogens with one attached hydrogen (secondary N) is 4. The molecule has 6 N–H and O–H groups in total. The van der Waals surface area contributed by atoms with Crippen LogP contribution in [0.2, 0.25) is 0 Å². The van der Waals surface area contributed by atoms with Crippen LogP contribution in [0.4, 0.5) is 0 Å². The summed E-state index contributed by atoms with van der Waals surface area (Å²) in [7, 11) is 6.02. The molecule has 280 valence electrons. The van der Waals surface area contributed by atoms with Crippen molar-refractivity contribution in [3.8, 4) is 0 Å². The van der Waals surface area contributed by atoms with E-state index in [0.29, 0.717) is 41.7 Å². The minimum Gasteiger partial charge on any atom is -0.394 e. The molecule has 2 saturated heterocycles. The molecule has 13 heteroatoms. The van der Waals surface area contributed by atoms with Gasteiger partial charge in [0.1, 0.15) is 17.6 Å². The number of hydrogen-bond donors (Lipinski definition) is 6. The van der Waals surface area contributed by atoms with Gasteiger partial charge in [-0.05, 0) is 101 Å².